The predicted molar refractivity (Wildman–Crippen MR) is 109 cm³/mol. The molecule has 0 saturated carbocycles. The maximum Gasteiger partial charge on any atom is 0.245 e. The lowest BCUT2D eigenvalue weighted by Crippen LogP contribution is -2.50. The van der Waals surface area contributed by atoms with Gasteiger partial charge in [-0.25, -0.2) is 0 Å². The number of rotatable bonds is 1. The number of aliphatic hydroxyl groups is 1. The van der Waals surface area contributed by atoms with Gasteiger partial charge in [0.15, 0.2) is 10.3 Å². The maximum atomic E-state index is 11.5. The fraction of sp³-hybridized carbons (Fsp3) is 0.688. The molecule has 2 rings (SSSR count). The summed E-state index contributed by atoms with van der Waals surface area (Å²) < 4.78 is -0.845. The van der Waals surface area contributed by atoms with Crippen molar-refractivity contribution in [2.45, 2.75) is 57.1 Å². The molecular formula is C16H28N4O4S2. The second-order valence-corrected chi connectivity index (χ2v) is 9.10. The van der Waals surface area contributed by atoms with E-state index in [9.17, 15) is 19.5 Å². The molecular weight excluding hydrogens is 376 g/mol. The van der Waals surface area contributed by atoms with E-state index in [4.69, 9.17) is 0 Å². The van der Waals surface area contributed by atoms with Crippen LogP contribution in [0, 0.1) is 0 Å². The molecule has 10 heteroatoms. The molecule has 2 amide bonds. The van der Waals surface area contributed by atoms with Gasteiger partial charge < -0.3 is 20.5 Å². The first-order valence-corrected chi connectivity index (χ1v) is 9.59. The molecule has 8 nitrogen and oxygen atoms in total. The van der Waals surface area contributed by atoms with Crippen molar-refractivity contribution in [3.63, 3.8) is 0 Å². The first kappa shape index (κ1) is 24.6. The van der Waals surface area contributed by atoms with Crippen LogP contribution in [0.25, 0.3) is 0 Å². The zero-order valence-electron chi connectivity index (χ0n) is 16.5. The third-order valence-electron chi connectivity index (χ3n) is 3.42. The van der Waals surface area contributed by atoms with Crippen LogP contribution in [0.5, 0.6) is 0 Å². The second-order valence-electron chi connectivity index (χ2n) is 6.36. The molecule has 2 atom stereocenters. The SMILES string of the molecule is CC(C)=O.CN=C1NC(=O)C(C)(C(C)(C)O)S1.CN=C1NC(=O)C(C)S1. The first-order chi connectivity index (χ1) is 11.8. The van der Waals surface area contributed by atoms with Crippen LogP contribution in [-0.4, -0.2) is 62.7 Å². The summed E-state index contributed by atoms with van der Waals surface area (Å²) in [7, 11) is 3.28. The van der Waals surface area contributed by atoms with Crippen molar-refractivity contribution in [3.05, 3.63) is 0 Å². The molecule has 2 saturated heterocycles. The number of thioether (sulfide) groups is 2. The van der Waals surface area contributed by atoms with Crippen molar-refractivity contribution in [1.82, 2.24) is 10.6 Å². The quantitative estimate of drug-likeness (QED) is 0.604. The number of amides is 2. The van der Waals surface area contributed by atoms with Crippen LogP contribution in [0.1, 0.15) is 41.5 Å². The van der Waals surface area contributed by atoms with Crippen molar-refractivity contribution in [2.24, 2.45) is 9.98 Å². The van der Waals surface area contributed by atoms with Crippen molar-refractivity contribution in [3.8, 4) is 0 Å². The van der Waals surface area contributed by atoms with Crippen molar-refractivity contribution >= 4 is 51.5 Å². The van der Waals surface area contributed by atoms with E-state index in [1.54, 1.807) is 34.9 Å². The Morgan fingerprint density at radius 3 is 1.81 bits per heavy atom. The molecule has 2 aliphatic heterocycles. The number of carbonyl (C=O) groups is 3. The smallest absolute Gasteiger partial charge is 0.245 e. The molecule has 0 spiro atoms. The fourth-order valence-corrected chi connectivity index (χ4v) is 3.33. The number of carbonyl (C=O) groups excluding carboxylic acids is 3. The molecule has 148 valence electrons. The van der Waals surface area contributed by atoms with Gasteiger partial charge in [0, 0.05) is 14.1 Å². The summed E-state index contributed by atoms with van der Waals surface area (Å²) in [6.07, 6.45) is 0. The van der Waals surface area contributed by atoms with E-state index in [0.29, 0.717) is 5.17 Å². The lowest BCUT2D eigenvalue weighted by atomic mass is 9.91. The Hall–Kier alpha value is -1.39. The number of amidine groups is 2. The molecule has 0 aromatic carbocycles. The van der Waals surface area contributed by atoms with Gasteiger partial charge in [-0.3, -0.25) is 19.6 Å². The minimum Gasteiger partial charge on any atom is -0.388 e. The van der Waals surface area contributed by atoms with Gasteiger partial charge >= 0.3 is 0 Å². The van der Waals surface area contributed by atoms with Crippen molar-refractivity contribution < 1.29 is 19.5 Å². The highest BCUT2D eigenvalue weighted by Gasteiger charge is 2.52. The van der Waals surface area contributed by atoms with Gasteiger partial charge in [0.25, 0.3) is 0 Å². The summed E-state index contributed by atoms with van der Waals surface area (Å²) >= 11 is 2.73. The van der Waals surface area contributed by atoms with E-state index in [1.165, 1.54) is 37.4 Å². The molecule has 0 radical (unpaired) electrons. The lowest BCUT2D eigenvalue weighted by Gasteiger charge is -2.32. The minimum absolute atomic E-state index is 0.0312. The van der Waals surface area contributed by atoms with Crippen molar-refractivity contribution in [2.75, 3.05) is 14.1 Å². The van der Waals surface area contributed by atoms with Crippen LogP contribution in [0.15, 0.2) is 9.98 Å². The van der Waals surface area contributed by atoms with Gasteiger partial charge in [0.05, 0.1) is 10.9 Å². The van der Waals surface area contributed by atoms with E-state index in [0.717, 1.165) is 5.17 Å². The largest absolute Gasteiger partial charge is 0.388 e. The average Bonchev–Trinajstić information content (AvgIpc) is 2.99. The van der Waals surface area contributed by atoms with Gasteiger partial charge in [0.2, 0.25) is 11.8 Å². The van der Waals surface area contributed by atoms with Gasteiger partial charge in [-0.1, -0.05) is 23.5 Å². The zero-order chi connectivity index (χ0) is 20.7. The number of aliphatic imine (C=N–C) groups is 2. The standard InChI is InChI=1S/C8H14N2O2S.C5H8N2OS.C3H6O/c1-7(2,12)8(3)5(11)10-6(9-4)13-8;1-3-4(8)7-5(6-2)9-3;1-3(2)4/h12H,1-4H3,(H,9,10,11);3H,1-2H3,(H,6,7,8);1-2H3. The molecule has 0 aromatic heterocycles. The molecule has 2 heterocycles. The Morgan fingerprint density at radius 1 is 1.15 bits per heavy atom. The Morgan fingerprint density at radius 2 is 1.62 bits per heavy atom. The lowest BCUT2D eigenvalue weighted by molar-refractivity contribution is -0.126. The van der Waals surface area contributed by atoms with Gasteiger partial charge in [0.1, 0.15) is 10.5 Å². The van der Waals surface area contributed by atoms with Crippen LogP contribution in [0.3, 0.4) is 0 Å². The highest BCUT2D eigenvalue weighted by molar-refractivity contribution is 8.16. The Kier molecular flexibility index (Phi) is 9.54. The summed E-state index contributed by atoms with van der Waals surface area (Å²) in [4.78, 5) is 39.4. The number of Topliss-reactive ketones (excluding diaryl/α,β-unsaturated/α-hetero) is 1. The van der Waals surface area contributed by atoms with Crippen LogP contribution in [-0.2, 0) is 14.4 Å². The number of nitrogens with one attached hydrogen (secondary N) is 2. The third-order valence-corrected chi connectivity index (χ3v) is 6.06. The van der Waals surface area contributed by atoms with E-state index in [1.807, 2.05) is 6.92 Å². The highest BCUT2D eigenvalue weighted by Crippen LogP contribution is 2.40. The fourth-order valence-electron chi connectivity index (χ4n) is 1.55. The summed E-state index contributed by atoms with van der Waals surface area (Å²) in [5.74, 6) is 0.0335. The van der Waals surface area contributed by atoms with E-state index >= 15 is 0 Å². The minimum atomic E-state index is -1.06. The monoisotopic (exact) mass is 404 g/mol. The molecule has 0 aliphatic carbocycles. The van der Waals surface area contributed by atoms with Gasteiger partial charge in [-0.15, -0.1) is 0 Å². The maximum absolute atomic E-state index is 11.5. The van der Waals surface area contributed by atoms with Gasteiger partial charge in [-0.2, -0.15) is 0 Å². The summed E-state index contributed by atoms with van der Waals surface area (Å²) in [5, 5.41) is 16.4. The third kappa shape index (κ3) is 7.08. The zero-order valence-corrected chi connectivity index (χ0v) is 18.1. The summed E-state index contributed by atoms with van der Waals surface area (Å²) in [6, 6.07) is 0. The molecule has 3 N–H and O–H groups in total. The van der Waals surface area contributed by atoms with Crippen LogP contribution >= 0.6 is 23.5 Å². The summed E-state index contributed by atoms with van der Waals surface area (Å²) in [6.45, 7) is 9.87. The molecule has 26 heavy (non-hydrogen) atoms. The van der Waals surface area contributed by atoms with E-state index < -0.39 is 10.3 Å². The average molecular weight is 405 g/mol. The normalized spacial score (nSPS) is 28.0. The van der Waals surface area contributed by atoms with Crippen LogP contribution in [0.2, 0.25) is 0 Å². The molecule has 2 unspecified atom stereocenters. The topological polar surface area (TPSA) is 120 Å². The Labute approximate surface area is 163 Å². The van der Waals surface area contributed by atoms with Gasteiger partial charge in [-0.05, 0) is 41.5 Å². The number of nitrogens with zero attached hydrogens (tertiary/aromatic N) is 2. The Balaban J connectivity index is 0.000000416. The van der Waals surface area contributed by atoms with Crippen LogP contribution < -0.4 is 10.6 Å². The molecule has 2 fully saturated rings. The molecule has 0 bridgehead atoms. The highest BCUT2D eigenvalue weighted by atomic mass is 32.2. The predicted octanol–water partition coefficient (Wildman–Crippen LogP) is 1.18. The Bertz CT molecular complexity index is 610. The van der Waals surface area contributed by atoms with E-state index in [-0.39, 0.29) is 22.8 Å². The first-order valence-electron chi connectivity index (χ1n) is 7.89. The number of hydrogen-bond acceptors (Lipinski definition) is 8. The van der Waals surface area contributed by atoms with Crippen molar-refractivity contribution in [1.29, 1.82) is 0 Å². The second kappa shape index (κ2) is 10.1. The molecule has 0 aromatic rings. The number of ketones is 1. The van der Waals surface area contributed by atoms with E-state index in [2.05, 4.69) is 20.6 Å². The summed E-state index contributed by atoms with van der Waals surface area (Å²) in [5.41, 5.74) is -1.06. The molecule has 2 aliphatic rings. The number of hydrogen-bond donors (Lipinski definition) is 3. The van der Waals surface area contributed by atoms with Crippen LogP contribution in [0.4, 0.5) is 0 Å².